The van der Waals surface area contributed by atoms with Crippen molar-refractivity contribution < 1.29 is 9.59 Å². The molecule has 0 aliphatic carbocycles. The number of halogens is 2. The summed E-state index contributed by atoms with van der Waals surface area (Å²) < 4.78 is 0. The summed E-state index contributed by atoms with van der Waals surface area (Å²) in [5.74, 6) is 0.646. The molecule has 0 spiro atoms. The molecule has 1 atom stereocenters. The molecule has 31 heavy (non-hydrogen) atoms. The van der Waals surface area contributed by atoms with Crippen molar-refractivity contribution in [1.82, 2.24) is 10.2 Å². The van der Waals surface area contributed by atoms with Crippen LogP contribution in [0.3, 0.4) is 0 Å². The van der Waals surface area contributed by atoms with Crippen LogP contribution in [-0.4, -0.2) is 34.0 Å². The summed E-state index contributed by atoms with van der Waals surface area (Å²) in [6, 6.07) is 12.9. The minimum Gasteiger partial charge on any atom is -0.350 e. The second kappa shape index (κ2) is 11.3. The van der Waals surface area contributed by atoms with Gasteiger partial charge in [-0.25, -0.2) is 0 Å². The van der Waals surface area contributed by atoms with Gasteiger partial charge in [0.05, 0.1) is 15.8 Å². The first-order valence-electron chi connectivity index (χ1n) is 10.1. The van der Waals surface area contributed by atoms with Crippen molar-refractivity contribution in [2.75, 3.05) is 5.75 Å². The van der Waals surface area contributed by atoms with Gasteiger partial charge in [-0.15, -0.1) is 11.8 Å². The van der Waals surface area contributed by atoms with Crippen LogP contribution < -0.4 is 5.32 Å². The molecule has 0 radical (unpaired) electrons. The molecule has 0 fully saturated rings. The molecular weight excluding hydrogens is 451 g/mol. The van der Waals surface area contributed by atoms with Gasteiger partial charge in [-0.05, 0) is 57.9 Å². The van der Waals surface area contributed by atoms with Gasteiger partial charge in [0, 0.05) is 17.8 Å². The zero-order valence-electron chi connectivity index (χ0n) is 18.7. The first-order valence-corrected chi connectivity index (χ1v) is 12.1. The van der Waals surface area contributed by atoms with Crippen LogP contribution in [0.15, 0.2) is 42.5 Å². The predicted octanol–water partition coefficient (Wildman–Crippen LogP) is 5.87. The normalized spacial score (nSPS) is 12.4. The molecule has 0 saturated carbocycles. The highest BCUT2D eigenvalue weighted by atomic mass is 35.5. The molecule has 0 aromatic heterocycles. The monoisotopic (exact) mass is 480 g/mol. The lowest BCUT2D eigenvalue weighted by Gasteiger charge is -2.31. The fourth-order valence-corrected chi connectivity index (χ4v) is 4.09. The maximum absolute atomic E-state index is 13.1. The summed E-state index contributed by atoms with van der Waals surface area (Å²) in [4.78, 5) is 27.5. The Morgan fingerprint density at radius 3 is 2.23 bits per heavy atom. The van der Waals surface area contributed by atoms with Crippen molar-refractivity contribution in [2.24, 2.45) is 0 Å². The Kier molecular flexibility index (Phi) is 9.28. The number of hydrogen-bond donors (Lipinski definition) is 1. The first-order chi connectivity index (χ1) is 14.5. The van der Waals surface area contributed by atoms with Crippen LogP contribution in [0.2, 0.25) is 10.0 Å². The van der Waals surface area contributed by atoms with Gasteiger partial charge in [-0.2, -0.15) is 0 Å². The van der Waals surface area contributed by atoms with Gasteiger partial charge in [-0.1, -0.05) is 59.1 Å². The lowest BCUT2D eigenvalue weighted by Crippen LogP contribution is -2.52. The van der Waals surface area contributed by atoms with Crippen molar-refractivity contribution in [3.05, 3.63) is 69.2 Å². The fourth-order valence-electron chi connectivity index (χ4n) is 2.92. The third-order valence-electron chi connectivity index (χ3n) is 4.62. The zero-order chi connectivity index (χ0) is 23.2. The van der Waals surface area contributed by atoms with E-state index in [0.717, 1.165) is 16.7 Å². The first kappa shape index (κ1) is 25.6. The highest BCUT2D eigenvalue weighted by Gasteiger charge is 2.28. The molecule has 2 rings (SSSR count). The second-order valence-electron chi connectivity index (χ2n) is 8.66. The molecule has 0 saturated heterocycles. The molecule has 0 aliphatic heterocycles. The molecule has 4 nitrogen and oxygen atoms in total. The Balaban J connectivity index is 2.09. The third-order valence-corrected chi connectivity index (χ3v) is 6.34. The number of carbonyl (C=O) groups excluding carboxylic acids is 2. The Labute approximate surface area is 199 Å². The Morgan fingerprint density at radius 1 is 1.03 bits per heavy atom. The predicted molar refractivity (Wildman–Crippen MR) is 132 cm³/mol. The Hall–Kier alpha value is -1.69. The molecule has 0 unspecified atom stereocenters. The van der Waals surface area contributed by atoms with E-state index in [-0.39, 0.29) is 23.1 Å². The van der Waals surface area contributed by atoms with E-state index in [2.05, 4.69) is 5.32 Å². The fraction of sp³-hybridized carbons (Fsp3) is 0.417. The summed E-state index contributed by atoms with van der Waals surface area (Å²) in [7, 11) is 0. The highest BCUT2D eigenvalue weighted by molar-refractivity contribution is 7.99. The van der Waals surface area contributed by atoms with Crippen LogP contribution in [0.1, 0.15) is 44.4 Å². The van der Waals surface area contributed by atoms with E-state index in [1.54, 1.807) is 17.9 Å². The average molecular weight is 481 g/mol. The van der Waals surface area contributed by atoms with Crippen molar-refractivity contribution >= 4 is 46.8 Å². The number of rotatable bonds is 8. The minimum absolute atomic E-state index is 0.0813. The summed E-state index contributed by atoms with van der Waals surface area (Å²) >= 11 is 13.5. The van der Waals surface area contributed by atoms with Crippen LogP contribution >= 0.6 is 35.0 Å². The Morgan fingerprint density at radius 2 is 1.65 bits per heavy atom. The quantitative estimate of drug-likeness (QED) is 0.513. The summed E-state index contributed by atoms with van der Waals surface area (Å²) in [5.41, 5.74) is 2.77. The largest absolute Gasteiger partial charge is 0.350 e. The molecule has 0 heterocycles. The lowest BCUT2D eigenvalue weighted by atomic mass is 10.1. The smallest absolute Gasteiger partial charge is 0.242 e. The number of carbonyl (C=O) groups is 2. The van der Waals surface area contributed by atoms with Gasteiger partial charge in [0.1, 0.15) is 6.04 Å². The number of aryl methyl sites for hydroxylation is 1. The molecule has 7 heteroatoms. The maximum Gasteiger partial charge on any atom is 0.242 e. The van der Waals surface area contributed by atoms with Gasteiger partial charge < -0.3 is 10.2 Å². The Bertz CT molecular complexity index is 911. The molecule has 2 aromatic rings. The molecule has 0 bridgehead atoms. The van der Waals surface area contributed by atoms with Gasteiger partial charge in [0.15, 0.2) is 0 Å². The van der Waals surface area contributed by atoms with Gasteiger partial charge in [0.25, 0.3) is 0 Å². The average Bonchev–Trinajstić information content (AvgIpc) is 2.68. The number of nitrogens with one attached hydrogen (secondary N) is 1. The highest BCUT2D eigenvalue weighted by Crippen LogP contribution is 2.25. The van der Waals surface area contributed by atoms with Crippen LogP contribution in [-0.2, 0) is 21.9 Å². The van der Waals surface area contributed by atoms with Crippen molar-refractivity contribution in [2.45, 2.75) is 58.5 Å². The number of nitrogens with zero attached hydrogens (tertiary/aromatic N) is 1. The summed E-state index contributed by atoms with van der Waals surface area (Å²) in [6.07, 6.45) is 0. The van der Waals surface area contributed by atoms with Crippen LogP contribution in [0.5, 0.6) is 0 Å². The van der Waals surface area contributed by atoms with E-state index in [9.17, 15) is 9.59 Å². The number of thioether (sulfide) groups is 1. The number of amides is 2. The number of hydrogen-bond acceptors (Lipinski definition) is 3. The van der Waals surface area contributed by atoms with Gasteiger partial charge in [0.2, 0.25) is 11.8 Å². The molecule has 1 N–H and O–H groups in total. The van der Waals surface area contributed by atoms with Gasteiger partial charge in [-0.3, -0.25) is 9.59 Å². The SMILES string of the molecule is Cc1ccc(CN(C(=O)CSCc2ccc(Cl)c(Cl)c2)[C@@H](C)C(=O)NC(C)(C)C)cc1. The van der Waals surface area contributed by atoms with Crippen molar-refractivity contribution in [3.8, 4) is 0 Å². The van der Waals surface area contributed by atoms with Crippen LogP contribution in [0, 0.1) is 6.92 Å². The summed E-state index contributed by atoms with van der Waals surface area (Å²) in [6.45, 7) is 9.96. The molecule has 2 amide bonds. The lowest BCUT2D eigenvalue weighted by molar-refractivity contribution is -0.139. The minimum atomic E-state index is -0.585. The van der Waals surface area contributed by atoms with E-state index in [4.69, 9.17) is 23.2 Å². The maximum atomic E-state index is 13.1. The van der Waals surface area contributed by atoms with E-state index >= 15 is 0 Å². The van der Waals surface area contributed by atoms with E-state index in [0.29, 0.717) is 22.3 Å². The standard InChI is InChI=1S/C24H30Cl2N2O2S/c1-16-6-8-18(9-7-16)13-28(17(2)23(30)27-24(3,4)5)22(29)15-31-14-19-10-11-20(25)21(26)12-19/h6-12,17H,13-15H2,1-5H3,(H,27,30)/t17-/m0/s1. The molecule has 168 valence electrons. The van der Waals surface area contributed by atoms with Gasteiger partial charge >= 0.3 is 0 Å². The van der Waals surface area contributed by atoms with Crippen LogP contribution in [0.25, 0.3) is 0 Å². The zero-order valence-corrected chi connectivity index (χ0v) is 21.0. The third kappa shape index (κ3) is 8.40. The van der Waals surface area contributed by atoms with Crippen molar-refractivity contribution in [3.63, 3.8) is 0 Å². The van der Waals surface area contributed by atoms with E-state index in [1.165, 1.54) is 11.8 Å². The van der Waals surface area contributed by atoms with E-state index in [1.807, 2.05) is 64.1 Å². The van der Waals surface area contributed by atoms with E-state index < -0.39 is 6.04 Å². The van der Waals surface area contributed by atoms with Crippen LogP contribution in [0.4, 0.5) is 0 Å². The number of benzene rings is 2. The summed E-state index contributed by atoms with van der Waals surface area (Å²) in [5, 5.41) is 3.98. The second-order valence-corrected chi connectivity index (χ2v) is 10.5. The topological polar surface area (TPSA) is 49.4 Å². The molecule has 2 aromatic carbocycles. The van der Waals surface area contributed by atoms with Crippen molar-refractivity contribution in [1.29, 1.82) is 0 Å². The molecular formula is C24H30Cl2N2O2S. The molecule has 0 aliphatic rings.